The molecule has 1 aliphatic carbocycles. The maximum Gasteiger partial charge on any atom is 0.174 e. The third-order valence-corrected chi connectivity index (χ3v) is 3.55. The zero-order valence-corrected chi connectivity index (χ0v) is 9.18. The summed E-state index contributed by atoms with van der Waals surface area (Å²) < 4.78 is 11.2. The molecule has 3 unspecified atom stereocenters. The van der Waals surface area contributed by atoms with Crippen molar-refractivity contribution in [2.45, 2.75) is 31.0 Å². The highest BCUT2D eigenvalue weighted by molar-refractivity contribution is 5.86. The number of fused-ring (bicyclic) bond motifs is 3. The van der Waals surface area contributed by atoms with Gasteiger partial charge in [0.25, 0.3) is 0 Å². The average Bonchev–Trinajstić information content (AvgIpc) is 2.70. The molecule has 0 amide bonds. The molecule has 1 heterocycles. The molecule has 3 rings (SSSR count). The summed E-state index contributed by atoms with van der Waals surface area (Å²) in [6.45, 7) is 0. The van der Waals surface area contributed by atoms with E-state index in [1.807, 2.05) is 24.3 Å². The fraction of sp³-hybridized carbons (Fsp3) is 0.462. The highest BCUT2D eigenvalue weighted by Crippen LogP contribution is 2.44. The van der Waals surface area contributed by atoms with Crippen molar-refractivity contribution in [1.82, 2.24) is 0 Å². The molecule has 1 aliphatic heterocycles. The molecular formula is C13H14O3. The monoisotopic (exact) mass is 218 g/mol. The minimum Gasteiger partial charge on any atom is -0.482 e. The van der Waals surface area contributed by atoms with Crippen molar-refractivity contribution in [1.29, 1.82) is 0 Å². The Morgan fingerprint density at radius 2 is 2.19 bits per heavy atom. The van der Waals surface area contributed by atoms with E-state index in [0.29, 0.717) is 6.42 Å². The predicted molar refractivity (Wildman–Crippen MR) is 58.6 cm³/mol. The van der Waals surface area contributed by atoms with E-state index < -0.39 is 0 Å². The van der Waals surface area contributed by atoms with Gasteiger partial charge in [0.05, 0.1) is 12.0 Å². The van der Waals surface area contributed by atoms with Crippen LogP contribution in [-0.2, 0) is 9.53 Å². The van der Waals surface area contributed by atoms with E-state index >= 15 is 0 Å². The second kappa shape index (κ2) is 3.59. The van der Waals surface area contributed by atoms with E-state index in [2.05, 4.69) is 0 Å². The molecular weight excluding hydrogens is 204 g/mol. The summed E-state index contributed by atoms with van der Waals surface area (Å²) in [6, 6.07) is 7.87. The van der Waals surface area contributed by atoms with Gasteiger partial charge < -0.3 is 9.47 Å². The molecule has 0 N–H and O–H groups in total. The van der Waals surface area contributed by atoms with Gasteiger partial charge in [-0.1, -0.05) is 18.2 Å². The van der Waals surface area contributed by atoms with Crippen molar-refractivity contribution >= 4 is 5.78 Å². The summed E-state index contributed by atoms with van der Waals surface area (Å²) in [6.07, 6.45) is 1.14. The predicted octanol–water partition coefficient (Wildman–Crippen LogP) is 1.91. The molecule has 0 bridgehead atoms. The number of carbonyl (C=O) groups excluding carboxylic acids is 1. The van der Waals surface area contributed by atoms with Crippen LogP contribution < -0.4 is 4.74 Å². The smallest absolute Gasteiger partial charge is 0.174 e. The van der Waals surface area contributed by atoms with Gasteiger partial charge in [-0.05, 0) is 12.5 Å². The number of ketones is 1. The van der Waals surface area contributed by atoms with Crippen LogP contribution in [0.5, 0.6) is 5.75 Å². The van der Waals surface area contributed by atoms with E-state index in [1.165, 1.54) is 0 Å². The Morgan fingerprint density at radius 1 is 1.38 bits per heavy atom. The Kier molecular flexibility index (Phi) is 2.21. The highest BCUT2D eigenvalue weighted by Gasteiger charge is 2.46. The van der Waals surface area contributed by atoms with Crippen LogP contribution in [0.1, 0.15) is 24.3 Å². The summed E-state index contributed by atoms with van der Waals surface area (Å²) >= 11 is 0. The van der Waals surface area contributed by atoms with Crippen LogP contribution in [0, 0.1) is 0 Å². The van der Waals surface area contributed by atoms with Gasteiger partial charge in [0.2, 0.25) is 0 Å². The first-order valence-electron chi connectivity index (χ1n) is 5.62. The lowest BCUT2D eigenvalue weighted by Crippen LogP contribution is -2.41. The van der Waals surface area contributed by atoms with Gasteiger partial charge in [0.15, 0.2) is 11.9 Å². The van der Waals surface area contributed by atoms with Crippen molar-refractivity contribution < 1.29 is 14.3 Å². The van der Waals surface area contributed by atoms with E-state index in [4.69, 9.17) is 9.47 Å². The Bertz CT molecular complexity index is 427. The third kappa shape index (κ3) is 1.28. The highest BCUT2D eigenvalue weighted by atomic mass is 16.5. The molecule has 1 aromatic carbocycles. The number of hydrogen-bond donors (Lipinski definition) is 0. The van der Waals surface area contributed by atoms with Gasteiger partial charge in [-0.2, -0.15) is 0 Å². The number of Topliss-reactive ketones (excluding diaryl/α,β-unsaturated/α-hetero) is 1. The van der Waals surface area contributed by atoms with Crippen LogP contribution in [0.25, 0.3) is 0 Å². The van der Waals surface area contributed by atoms with Gasteiger partial charge in [-0.25, -0.2) is 0 Å². The number of carbonyl (C=O) groups is 1. The zero-order chi connectivity index (χ0) is 11.1. The van der Waals surface area contributed by atoms with Crippen LogP contribution in [0.15, 0.2) is 24.3 Å². The molecule has 1 saturated carbocycles. The quantitative estimate of drug-likeness (QED) is 0.722. The van der Waals surface area contributed by atoms with Crippen LogP contribution in [0.3, 0.4) is 0 Å². The summed E-state index contributed by atoms with van der Waals surface area (Å²) in [4.78, 5) is 11.8. The van der Waals surface area contributed by atoms with Crippen LogP contribution in [0.2, 0.25) is 0 Å². The van der Waals surface area contributed by atoms with Crippen LogP contribution in [0.4, 0.5) is 0 Å². The first-order chi connectivity index (χ1) is 7.81. The maximum absolute atomic E-state index is 11.8. The number of methoxy groups -OCH3 is 1. The molecule has 16 heavy (non-hydrogen) atoms. The summed E-state index contributed by atoms with van der Waals surface area (Å²) in [5.74, 6) is 1.13. The van der Waals surface area contributed by atoms with Crippen molar-refractivity contribution in [3.63, 3.8) is 0 Å². The minimum absolute atomic E-state index is 0.0856. The molecule has 2 aliphatic rings. The van der Waals surface area contributed by atoms with E-state index in [1.54, 1.807) is 7.11 Å². The van der Waals surface area contributed by atoms with Gasteiger partial charge >= 0.3 is 0 Å². The molecule has 1 aromatic rings. The van der Waals surface area contributed by atoms with Gasteiger partial charge in [-0.3, -0.25) is 4.79 Å². The maximum atomic E-state index is 11.8. The first-order valence-corrected chi connectivity index (χ1v) is 5.62. The topological polar surface area (TPSA) is 35.5 Å². The molecule has 0 saturated heterocycles. The molecule has 3 nitrogen and oxygen atoms in total. The van der Waals surface area contributed by atoms with Gasteiger partial charge in [0, 0.05) is 19.1 Å². The Hall–Kier alpha value is -1.35. The number of benzene rings is 1. The average molecular weight is 218 g/mol. The molecule has 3 heteroatoms. The Labute approximate surface area is 94.4 Å². The molecule has 1 fully saturated rings. The fourth-order valence-corrected chi connectivity index (χ4v) is 2.77. The van der Waals surface area contributed by atoms with E-state index in [9.17, 15) is 4.79 Å². The lowest BCUT2D eigenvalue weighted by molar-refractivity contribution is -0.131. The molecule has 84 valence electrons. The fourth-order valence-electron chi connectivity index (χ4n) is 2.77. The summed E-state index contributed by atoms with van der Waals surface area (Å²) in [5, 5.41) is 0. The number of para-hydroxylation sites is 1. The van der Waals surface area contributed by atoms with Gasteiger partial charge in [-0.15, -0.1) is 0 Å². The Balaban J connectivity index is 2.04. The molecule has 0 spiro atoms. The minimum atomic E-state index is -0.323. The van der Waals surface area contributed by atoms with Crippen molar-refractivity contribution in [2.75, 3.05) is 7.11 Å². The molecule has 0 radical (unpaired) electrons. The second-order valence-corrected chi connectivity index (χ2v) is 4.38. The first kappa shape index (κ1) is 9.85. The van der Waals surface area contributed by atoms with Crippen molar-refractivity contribution in [3.05, 3.63) is 29.8 Å². The summed E-state index contributed by atoms with van der Waals surface area (Å²) in [7, 11) is 1.71. The lowest BCUT2D eigenvalue weighted by Gasteiger charge is -2.30. The SMILES string of the molecule is COC1CCC(=O)C2Oc3ccccc3C12. The molecule has 3 atom stereocenters. The Morgan fingerprint density at radius 3 is 3.00 bits per heavy atom. The van der Waals surface area contributed by atoms with Crippen LogP contribution >= 0.6 is 0 Å². The standard InChI is InChI=1S/C13H14O3/c1-15-11-7-6-9(14)13-12(11)8-4-2-3-5-10(8)16-13/h2-5,11-13H,6-7H2,1H3. The van der Waals surface area contributed by atoms with Crippen molar-refractivity contribution in [3.8, 4) is 5.75 Å². The normalized spacial score (nSPS) is 31.8. The largest absolute Gasteiger partial charge is 0.482 e. The van der Waals surface area contributed by atoms with E-state index in [0.717, 1.165) is 17.7 Å². The van der Waals surface area contributed by atoms with E-state index in [-0.39, 0.29) is 23.9 Å². The number of ether oxygens (including phenoxy) is 2. The zero-order valence-electron chi connectivity index (χ0n) is 9.18. The summed E-state index contributed by atoms with van der Waals surface area (Å²) in [5.41, 5.74) is 1.12. The number of rotatable bonds is 1. The van der Waals surface area contributed by atoms with Crippen LogP contribution in [-0.4, -0.2) is 25.1 Å². The second-order valence-electron chi connectivity index (χ2n) is 4.38. The lowest BCUT2D eigenvalue weighted by atomic mass is 9.80. The van der Waals surface area contributed by atoms with Gasteiger partial charge in [0.1, 0.15) is 5.75 Å². The number of hydrogen-bond acceptors (Lipinski definition) is 3. The van der Waals surface area contributed by atoms with Crippen molar-refractivity contribution in [2.24, 2.45) is 0 Å². The third-order valence-electron chi connectivity index (χ3n) is 3.55. The molecule has 0 aromatic heterocycles.